The number of hydrogen-bond acceptors (Lipinski definition) is 5. The summed E-state index contributed by atoms with van der Waals surface area (Å²) in [5, 5.41) is 12.0. The third-order valence-electron chi connectivity index (χ3n) is 4.09. The van der Waals surface area contributed by atoms with Crippen molar-refractivity contribution >= 4 is 0 Å². The molecule has 0 radical (unpaired) electrons. The molecule has 1 aliphatic heterocycles. The topological polar surface area (TPSA) is 61.2 Å². The van der Waals surface area contributed by atoms with Crippen molar-refractivity contribution in [3.8, 4) is 11.5 Å². The molecule has 124 valence electrons. The number of nitrogens with one attached hydrogen (secondary N) is 1. The summed E-state index contributed by atoms with van der Waals surface area (Å²) >= 11 is 0. The predicted molar refractivity (Wildman–Crippen MR) is 87.7 cm³/mol. The van der Waals surface area contributed by atoms with E-state index in [-0.39, 0.29) is 6.04 Å². The van der Waals surface area contributed by atoms with E-state index in [4.69, 9.17) is 9.47 Å². The van der Waals surface area contributed by atoms with Crippen molar-refractivity contribution < 1.29 is 9.47 Å². The Morgan fingerprint density at radius 2 is 2.00 bits per heavy atom. The van der Waals surface area contributed by atoms with Gasteiger partial charge in [0, 0.05) is 12.6 Å². The van der Waals surface area contributed by atoms with E-state index in [0.717, 1.165) is 36.1 Å². The van der Waals surface area contributed by atoms with Crippen molar-refractivity contribution in [2.45, 2.75) is 46.3 Å². The molecule has 0 unspecified atom stereocenters. The van der Waals surface area contributed by atoms with Crippen molar-refractivity contribution in [3.05, 3.63) is 35.4 Å². The largest absolute Gasteiger partial charge is 0.486 e. The van der Waals surface area contributed by atoms with Gasteiger partial charge in [0.05, 0.1) is 6.54 Å². The SMILES string of the molecule is CCCn1c(C)nnc1CN[C@H](C)c1ccc2c(c1)OCCO2. The number of fused-ring (bicyclic) bond motifs is 1. The summed E-state index contributed by atoms with van der Waals surface area (Å²) in [6, 6.07) is 6.30. The van der Waals surface area contributed by atoms with E-state index in [9.17, 15) is 0 Å². The monoisotopic (exact) mass is 316 g/mol. The highest BCUT2D eigenvalue weighted by Crippen LogP contribution is 2.32. The van der Waals surface area contributed by atoms with Crippen LogP contribution >= 0.6 is 0 Å². The number of hydrogen-bond donors (Lipinski definition) is 1. The van der Waals surface area contributed by atoms with Gasteiger partial charge in [-0.3, -0.25) is 0 Å². The van der Waals surface area contributed by atoms with Gasteiger partial charge >= 0.3 is 0 Å². The molecular formula is C17H24N4O2. The lowest BCUT2D eigenvalue weighted by molar-refractivity contribution is 0.171. The Labute approximate surface area is 136 Å². The van der Waals surface area contributed by atoms with Crippen molar-refractivity contribution in [1.29, 1.82) is 0 Å². The first-order chi connectivity index (χ1) is 11.2. The number of benzene rings is 1. The highest BCUT2D eigenvalue weighted by atomic mass is 16.6. The number of ether oxygens (including phenoxy) is 2. The molecule has 3 rings (SSSR count). The van der Waals surface area contributed by atoms with Gasteiger partial charge in [0.25, 0.3) is 0 Å². The second-order valence-electron chi connectivity index (χ2n) is 5.82. The number of aryl methyl sites for hydroxylation is 1. The lowest BCUT2D eigenvalue weighted by Gasteiger charge is -2.21. The molecule has 6 heteroatoms. The maximum Gasteiger partial charge on any atom is 0.161 e. The van der Waals surface area contributed by atoms with Crippen LogP contribution in [-0.2, 0) is 13.1 Å². The van der Waals surface area contributed by atoms with Gasteiger partial charge < -0.3 is 19.4 Å². The van der Waals surface area contributed by atoms with Crippen LogP contribution < -0.4 is 14.8 Å². The maximum absolute atomic E-state index is 5.65. The van der Waals surface area contributed by atoms with Crippen LogP contribution in [0, 0.1) is 6.92 Å². The van der Waals surface area contributed by atoms with Gasteiger partial charge in [-0.15, -0.1) is 10.2 Å². The van der Waals surface area contributed by atoms with Gasteiger partial charge in [0.1, 0.15) is 24.9 Å². The van der Waals surface area contributed by atoms with Gasteiger partial charge in [-0.1, -0.05) is 13.0 Å². The van der Waals surface area contributed by atoms with E-state index in [1.807, 2.05) is 19.1 Å². The van der Waals surface area contributed by atoms with E-state index in [0.29, 0.717) is 19.8 Å². The summed E-state index contributed by atoms with van der Waals surface area (Å²) in [5.41, 5.74) is 1.17. The molecule has 1 aromatic carbocycles. The van der Waals surface area contributed by atoms with Crippen molar-refractivity contribution in [2.75, 3.05) is 13.2 Å². The summed E-state index contributed by atoms with van der Waals surface area (Å²) in [6.07, 6.45) is 1.07. The summed E-state index contributed by atoms with van der Waals surface area (Å²) in [7, 11) is 0. The summed E-state index contributed by atoms with van der Waals surface area (Å²) in [4.78, 5) is 0. The van der Waals surface area contributed by atoms with Crippen LogP contribution in [0.4, 0.5) is 0 Å². The molecule has 0 saturated carbocycles. The van der Waals surface area contributed by atoms with E-state index in [1.54, 1.807) is 0 Å². The summed E-state index contributed by atoms with van der Waals surface area (Å²) < 4.78 is 13.4. The number of aromatic nitrogens is 3. The molecule has 23 heavy (non-hydrogen) atoms. The van der Waals surface area contributed by atoms with Crippen LogP contribution in [0.3, 0.4) is 0 Å². The van der Waals surface area contributed by atoms with Crippen LogP contribution in [0.25, 0.3) is 0 Å². The van der Waals surface area contributed by atoms with Gasteiger partial charge in [-0.2, -0.15) is 0 Å². The van der Waals surface area contributed by atoms with Crippen LogP contribution in [0.15, 0.2) is 18.2 Å². The van der Waals surface area contributed by atoms with Crippen molar-refractivity contribution in [2.24, 2.45) is 0 Å². The van der Waals surface area contributed by atoms with E-state index in [2.05, 4.69) is 40.0 Å². The fourth-order valence-electron chi connectivity index (χ4n) is 2.76. The smallest absolute Gasteiger partial charge is 0.161 e. The lowest BCUT2D eigenvalue weighted by Crippen LogP contribution is -2.22. The Balaban J connectivity index is 1.66. The van der Waals surface area contributed by atoms with E-state index >= 15 is 0 Å². The Hall–Kier alpha value is -2.08. The van der Waals surface area contributed by atoms with Crippen molar-refractivity contribution in [1.82, 2.24) is 20.1 Å². The van der Waals surface area contributed by atoms with Gasteiger partial charge in [0.2, 0.25) is 0 Å². The molecule has 1 aliphatic rings. The molecule has 2 aromatic rings. The first kappa shape index (κ1) is 15.8. The minimum absolute atomic E-state index is 0.193. The molecule has 0 aliphatic carbocycles. The maximum atomic E-state index is 5.65. The third kappa shape index (κ3) is 3.47. The zero-order chi connectivity index (χ0) is 16.2. The van der Waals surface area contributed by atoms with Crippen LogP contribution in [-0.4, -0.2) is 28.0 Å². The molecular weight excluding hydrogens is 292 g/mol. The standard InChI is InChI=1S/C17H24N4O2/c1-4-7-21-13(3)19-20-17(21)11-18-12(2)14-5-6-15-16(10-14)23-9-8-22-15/h5-6,10,12,18H,4,7-9,11H2,1-3H3/t12-/m1/s1. The molecule has 1 aromatic heterocycles. The van der Waals surface area contributed by atoms with Crippen LogP contribution in [0.2, 0.25) is 0 Å². The van der Waals surface area contributed by atoms with Crippen LogP contribution in [0.1, 0.15) is 43.5 Å². The molecule has 0 fully saturated rings. The molecule has 0 saturated heterocycles. The molecule has 0 bridgehead atoms. The Morgan fingerprint density at radius 1 is 1.22 bits per heavy atom. The fraction of sp³-hybridized carbons (Fsp3) is 0.529. The predicted octanol–water partition coefficient (Wildman–Crippen LogP) is 2.62. The summed E-state index contributed by atoms with van der Waals surface area (Å²) in [6.45, 7) is 9.17. The van der Waals surface area contributed by atoms with Crippen molar-refractivity contribution in [3.63, 3.8) is 0 Å². The average molecular weight is 316 g/mol. The quantitative estimate of drug-likeness (QED) is 0.887. The Kier molecular flexibility index (Phi) is 4.81. The van der Waals surface area contributed by atoms with E-state index in [1.165, 1.54) is 5.56 Å². The second-order valence-corrected chi connectivity index (χ2v) is 5.82. The van der Waals surface area contributed by atoms with Gasteiger partial charge in [-0.25, -0.2) is 0 Å². The number of rotatable bonds is 6. The third-order valence-corrected chi connectivity index (χ3v) is 4.09. The minimum Gasteiger partial charge on any atom is -0.486 e. The van der Waals surface area contributed by atoms with Gasteiger partial charge in [0.15, 0.2) is 11.5 Å². The highest BCUT2D eigenvalue weighted by Gasteiger charge is 2.15. The average Bonchev–Trinajstić information content (AvgIpc) is 2.93. The van der Waals surface area contributed by atoms with Gasteiger partial charge in [-0.05, 0) is 38.0 Å². The zero-order valence-electron chi connectivity index (χ0n) is 14.0. The Bertz CT molecular complexity index is 669. The number of nitrogens with zero attached hydrogens (tertiary/aromatic N) is 3. The molecule has 1 atom stereocenters. The Morgan fingerprint density at radius 3 is 2.78 bits per heavy atom. The molecule has 0 spiro atoms. The second kappa shape index (κ2) is 7.00. The van der Waals surface area contributed by atoms with E-state index < -0.39 is 0 Å². The fourth-order valence-corrected chi connectivity index (χ4v) is 2.76. The summed E-state index contributed by atoms with van der Waals surface area (Å²) in [5.74, 6) is 3.60. The highest BCUT2D eigenvalue weighted by molar-refractivity contribution is 5.44. The molecule has 1 N–H and O–H groups in total. The molecule has 0 amide bonds. The normalized spacial score (nSPS) is 14.7. The minimum atomic E-state index is 0.193. The lowest BCUT2D eigenvalue weighted by atomic mass is 10.1. The first-order valence-electron chi connectivity index (χ1n) is 8.20. The first-order valence-corrected chi connectivity index (χ1v) is 8.20. The molecule has 6 nitrogen and oxygen atoms in total. The molecule has 2 heterocycles. The van der Waals surface area contributed by atoms with Crippen LogP contribution in [0.5, 0.6) is 11.5 Å². The zero-order valence-corrected chi connectivity index (χ0v) is 14.0.